The third-order valence-electron chi connectivity index (χ3n) is 5.61. The molecule has 0 aliphatic carbocycles. The number of halogens is 1. The van der Waals surface area contributed by atoms with Gasteiger partial charge < -0.3 is 5.32 Å². The lowest BCUT2D eigenvalue weighted by atomic mass is 10.0. The summed E-state index contributed by atoms with van der Waals surface area (Å²) in [6.07, 6.45) is 4.69. The maximum Gasteiger partial charge on any atom is 0.251 e. The molecule has 0 radical (unpaired) electrons. The highest BCUT2D eigenvalue weighted by molar-refractivity contribution is 7.89. The Morgan fingerprint density at radius 2 is 1.70 bits per heavy atom. The minimum Gasteiger partial charge on any atom is -0.346 e. The first-order valence-electron chi connectivity index (χ1n) is 10.5. The van der Waals surface area contributed by atoms with E-state index in [2.05, 4.69) is 12.2 Å². The maximum absolute atomic E-state index is 13.1. The Kier molecular flexibility index (Phi) is 7.55. The van der Waals surface area contributed by atoms with E-state index < -0.39 is 10.0 Å². The summed E-state index contributed by atoms with van der Waals surface area (Å²) in [5, 5.41) is 3.09. The highest BCUT2D eigenvalue weighted by Crippen LogP contribution is 2.28. The summed E-state index contributed by atoms with van der Waals surface area (Å²) < 4.78 is 27.8. The molecule has 0 spiro atoms. The standard InChI is InChI=1S/C23H29ClN2O3S/c1-3-18-8-10-19(11-9-18)17(2)25-23(27)20-12-13-21(24)22(16-20)30(28,29)26-14-6-4-5-7-15-26/h8-13,16-17H,3-7,14-15H2,1-2H3,(H,25,27)/t17-/m0/s1. The molecule has 2 aromatic carbocycles. The summed E-state index contributed by atoms with van der Waals surface area (Å²) in [5.74, 6) is -0.328. The second kappa shape index (κ2) is 9.94. The van der Waals surface area contributed by atoms with Crippen molar-refractivity contribution in [2.24, 2.45) is 0 Å². The van der Waals surface area contributed by atoms with Crippen molar-refractivity contribution in [2.75, 3.05) is 13.1 Å². The summed E-state index contributed by atoms with van der Waals surface area (Å²) in [6.45, 7) is 4.97. The molecule has 7 heteroatoms. The first-order chi connectivity index (χ1) is 14.3. The van der Waals surface area contributed by atoms with Gasteiger partial charge in [-0.1, -0.05) is 55.6 Å². The fourth-order valence-electron chi connectivity index (χ4n) is 3.67. The van der Waals surface area contributed by atoms with Crippen LogP contribution in [0.15, 0.2) is 47.4 Å². The Labute approximate surface area is 184 Å². The van der Waals surface area contributed by atoms with Crippen LogP contribution in [0.4, 0.5) is 0 Å². The van der Waals surface area contributed by atoms with Crippen molar-refractivity contribution in [3.63, 3.8) is 0 Å². The summed E-state index contributed by atoms with van der Waals surface area (Å²) in [6, 6.07) is 12.3. The number of carbonyl (C=O) groups is 1. The fraction of sp³-hybridized carbons (Fsp3) is 0.435. The largest absolute Gasteiger partial charge is 0.346 e. The van der Waals surface area contributed by atoms with Gasteiger partial charge in [-0.15, -0.1) is 0 Å². The summed E-state index contributed by atoms with van der Waals surface area (Å²) >= 11 is 6.24. The lowest BCUT2D eigenvalue weighted by molar-refractivity contribution is 0.0939. The molecule has 2 aromatic rings. The van der Waals surface area contributed by atoms with Crippen LogP contribution in [0.2, 0.25) is 5.02 Å². The van der Waals surface area contributed by atoms with Crippen molar-refractivity contribution < 1.29 is 13.2 Å². The Hall–Kier alpha value is -1.89. The van der Waals surface area contributed by atoms with Gasteiger partial charge in [0.2, 0.25) is 10.0 Å². The molecule has 1 N–H and O–H groups in total. The van der Waals surface area contributed by atoms with Crippen LogP contribution in [0.25, 0.3) is 0 Å². The Balaban J connectivity index is 1.80. The molecule has 1 heterocycles. The van der Waals surface area contributed by atoms with Crippen LogP contribution in [-0.4, -0.2) is 31.7 Å². The van der Waals surface area contributed by atoms with Crippen molar-refractivity contribution in [1.29, 1.82) is 0 Å². The molecule has 0 bridgehead atoms. The van der Waals surface area contributed by atoms with Gasteiger partial charge in [0, 0.05) is 18.7 Å². The van der Waals surface area contributed by atoms with Crippen LogP contribution >= 0.6 is 11.6 Å². The molecule has 1 aliphatic heterocycles. The van der Waals surface area contributed by atoms with Crippen LogP contribution in [0.3, 0.4) is 0 Å². The number of aryl methyl sites for hydroxylation is 1. The maximum atomic E-state index is 13.1. The number of nitrogens with one attached hydrogen (secondary N) is 1. The minimum atomic E-state index is -3.74. The number of nitrogens with zero attached hydrogens (tertiary/aromatic N) is 1. The van der Waals surface area contributed by atoms with Crippen molar-refractivity contribution in [3.8, 4) is 0 Å². The van der Waals surface area contributed by atoms with Gasteiger partial charge in [0.15, 0.2) is 0 Å². The van der Waals surface area contributed by atoms with E-state index in [-0.39, 0.29) is 27.4 Å². The number of sulfonamides is 1. The predicted octanol–water partition coefficient (Wildman–Crippen LogP) is 4.96. The van der Waals surface area contributed by atoms with Crippen LogP contribution in [0.1, 0.15) is 67.1 Å². The molecule has 0 aromatic heterocycles. The van der Waals surface area contributed by atoms with Crippen LogP contribution in [0, 0.1) is 0 Å². The summed E-state index contributed by atoms with van der Waals surface area (Å²) in [7, 11) is -3.74. The summed E-state index contributed by atoms with van der Waals surface area (Å²) in [5.41, 5.74) is 2.51. The molecular weight excluding hydrogens is 420 g/mol. The normalized spacial score (nSPS) is 16.6. The van der Waals surface area contributed by atoms with E-state index in [9.17, 15) is 13.2 Å². The topological polar surface area (TPSA) is 66.5 Å². The molecule has 162 valence electrons. The van der Waals surface area contributed by atoms with Crippen LogP contribution in [0.5, 0.6) is 0 Å². The lowest BCUT2D eigenvalue weighted by Gasteiger charge is -2.21. The minimum absolute atomic E-state index is 0.00123. The van der Waals surface area contributed by atoms with Gasteiger partial charge in [-0.25, -0.2) is 8.42 Å². The Morgan fingerprint density at radius 1 is 1.07 bits per heavy atom. The zero-order valence-electron chi connectivity index (χ0n) is 17.5. The third-order valence-corrected chi connectivity index (χ3v) is 7.99. The molecule has 0 saturated carbocycles. The molecule has 1 fully saturated rings. The highest BCUT2D eigenvalue weighted by atomic mass is 35.5. The molecule has 1 saturated heterocycles. The number of rotatable bonds is 6. The molecule has 3 rings (SSSR count). The van der Waals surface area contributed by atoms with E-state index in [1.54, 1.807) is 6.07 Å². The van der Waals surface area contributed by atoms with Gasteiger partial charge in [0.05, 0.1) is 11.1 Å². The van der Waals surface area contributed by atoms with Gasteiger partial charge in [-0.3, -0.25) is 4.79 Å². The van der Waals surface area contributed by atoms with E-state index in [1.807, 2.05) is 31.2 Å². The fourth-order valence-corrected chi connectivity index (χ4v) is 5.69. The average molecular weight is 449 g/mol. The van der Waals surface area contributed by atoms with Crippen molar-refractivity contribution in [3.05, 3.63) is 64.2 Å². The van der Waals surface area contributed by atoms with Gasteiger partial charge in [0.1, 0.15) is 4.90 Å². The molecule has 30 heavy (non-hydrogen) atoms. The van der Waals surface area contributed by atoms with Gasteiger partial charge in [0.25, 0.3) is 5.91 Å². The van der Waals surface area contributed by atoms with Gasteiger partial charge >= 0.3 is 0 Å². The van der Waals surface area contributed by atoms with E-state index in [0.717, 1.165) is 37.7 Å². The van der Waals surface area contributed by atoms with Crippen LogP contribution < -0.4 is 5.32 Å². The zero-order chi connectivity index (χ0) is 21.7. The molecular formula is C23H29ClN2O3S. The van der Waals surface area contributed by atoms with E-state index in [4.69, 9.17) is 11.6 Å². The van der Waals surface area contributed by atoms with E-state index in [1.165, 1.54) is 22.0 Å². The van der Waals surface area contributed by atoms with E-state index >= 15 is 0 Å². The summed E-state index contributed by atoms with van der Waals surface area (Å²) in [4.78, 5) is 12.8. The quantitative estimate of drug-likeness (QED) is 0.679. The molecule has 1 aliphatic rings. The number of carbonyl (C=O) groups excluding carboxylic acids is 1. The lowest BCUT2D eigenvalue weighted by Crippen LogP contribution is -2.32. The second-order valence-corrected chi connectivity index (χ2v) is 10.1. The predicted molar refractivity (Wildman–Crippen MR) is 120 cm³/mol. The molecule has 1 amide bonds. The smallest absolute Gasteiger partial charge is 0.251 e. The Bertz CT molecular complexity index is 982. The monoisotopic (exact) mass is 448 g/mol. The molecule has 1 atom stereocenters. The molecule has 0 unspecified atom stereocenters. The average Bonchev–Trinajstić information content (AvgIpc) is 3.04. The third kappa shape index (κ3) is 5.23. The van der Waals surface area contributed by atoms with Gasteiger partial charge in [-0.2, -0.15) is 4.31 Å². The Morgan fingerprint density at radius 3 is 2.30 bits per heavy atom. The highest BCUT2D eigenvalue weighted by Gasteiger charge is 2.28. The van der Waals surface area contributed by atoms with Crippen molar-refractivity contribution in [1.82, 2.24) is 9.62 Å². The first kappa shape index (κ1) is 22.8. The van der Waals surface area contributed by atoms with Crippen LogP contribution in [-0.2, 0) is 16.4 Å². The zero-order valence-corrected chi connectivity index (χ0v) is 19.1. The first-order valence-corrected chi connectivity index (χ1v) is 12.3. The second-order valence-electron chi connectivity index (χ2n) is 7.75. The van der Waals surface area contributed by atoms with Crippen molar-refractivity contribution in [2.45, 2.75) is 56.9 Å². The number of hydrogen-bond donors (Lipinski definition) is 1. The number of amides is 1. The molecule has 5 nitrogen and oxygen atoms in total. The number of benzene rings is 2. The van der Waals surface area contributed by atoms with Gasteiger partial charge in [-0.05, 0) is 55.5 Å². The van der Waals surface area contributed by atoms with Crippen molar-refractivity contribution >= 4 is 27.5 Å². The van der Waals surface area contributed by atoms with E-state index in [0.29, 0.717) is 13.1 Å². The number of hydrogen-bond acceptors (Lipinski definition) is 3. The SMILES string of the molecule is CCc1ccc([C@H](C)NC(=O)c2ccc(Cl)c(S(=O)(=O)N3CCCCCC3)c2)cc1.